The smallest absolute Gasteiger partial charge is 0.410 e. The molecule has 0 saturated carbocycles. The van der Waals surface area contributed by atoms with Crippen LogP contribution in [0.3, 0.4) is 0 Å². The summed E-state index contributed by atoms with van der Waals surface area (Å²) < 4.78 is 5.64. The van der Waals surface area contributed by atoms with Gasteiger partial charge in [0, 0.05) is 31.0 Å². The van der Waals surface area contributed by atoms with E-state index in [1.54, 1.807) is 29.4 Å². The van der Waals surface area contributed by atoms with Crippen LogP contribution in [0, 0.1) is 6.92 Å². The molecule has 5 rings (SSSR count). The zero-order valence-electron chi connectivity index (χ0n) is 30.7. The highest BCUT2D eigenvalue weighted by Gasteiger charge is 2.25. The first-order valence-corrected chi connectivity index (χ1v) is 17.9. The van der Waals surface area contributed by atoms with E-state index in [2.05, 4.69) is 63.2 Å². The van der Waals surface area contributed by atoms with Crippen LogP contribution in [0.2, 0.25) is 0 Å². The first-order chi connectivity index (χ1) is 25.0. The number of nitrogens with zero attached hydrogens (tertiary/aromatic N) is 2. The lowest BCUT2D eigenvalue weighted by Crippen LogP contribution is -2.47. The molecular formula is C42H50N6O4. The van der Waals surface area contributed by atoms with E-state index in [9.17, 15) is 14.4 Å². The Kier molecular flexibility index (Phi) is 12.8. The number of aromatic amines is 1. The van der Waals surface area contributed by atoms with Crippen molar-refractivity contribution in [2.45, 2.75) is 84.8 Å². The number of fused-ring (bicyclic) bond motifs is 1. The summed E-state index contributed by atoms with van der Waals surface area (Å²) in [6.45, 7) is 11.4. The fraction of sp³-hybridized carbons (Fsp3) is 0.333. The molecule has 272 valence electrons. The molecule has 3 amide bonds. The van der Waals surface area contributed by atoms with E-state index in [0.29, 0.717) is 30.8 Å². The van der Waals surface area contributed by atoms with Gasteiger partial charge < -0.3 is 25.7 Å². The molecule has 4 aromatic carbocycles. The molecule has 0 saturated heterocycles. The highest BCUT2D eigenvalue weighted by Crippen LogP contribution is 2.24. The summed E-state index contributed by atoms with van der Waals surface area (Å²) in [7, 11) is 0. The second kappa shape index (κ2) is 17.6. The molecule has 10 heteroatoms. The zero-order valence-corrected chi connectivity index (χ0v) is 30.7. The van der Waals surface area contributed by atoms with Gasteiger partial charge in [-0.25, -0.2) is 9.78 Å². The Labute approximate surface area is 306 Å². The van der Waals surface area contributed by atoms with Crippen molar-refractivity contribution in [2.24, 2.45) is 0 Å². The topological polar surface area (TPSA) is 128 Å². The van der Waals surface area contributed by atoms with Crippen LogP contribution in [0.4, 0.5) is 4.79 Å². The van der Waals surface area contributed by atoms with E-state index >= 15 is 0 Å². The van der Waals surface area contributed by atoms with Crippen molar-refractivity contribution < 1.29 is 19.1 Å². The van der Waals surface area contributed by atoms with Crippen molar-refractivity contribution in [3.63, 3.8) is 0 Å². The summed E-state index contributed by atoms with van der Waals surface area (Å²) in [5, 5.41) is 11.8. The number of carbonyl (C=O) groups excluding carboxylic acids is 3. The van der Waals surface area contributed by atoms with Crippen LogP contribution in [-0.2, 0) is 29.2 Å². The second-order valence-corrected chi connectivity index (χ2v) is 14.1. The van der Waals surface area contributed by atoms with Crippen LogP contribution in [0.15, 0.2) is 103 Å². The van der Waals surface area contributed by atoms with Gasteiger partial charge in [0.2, 0.25) is 5.91 Å². The van der Waals surface area contributed by atoms with E-state index in [1.165, 1.54) is 11.1 Å². The fourth-order valence-electron chi connectivity index (χ4n) is 6.05. The second-order valence-electron chi connectivity index (χ2n) is 14.1. The van der Waals surface area contributed by atoms with E-state index in [0.717, 1.165) is 28.4 Å². The number of hydrogen-bond acceptors (Lipinski definition) is 6. The van der Waals surface area contributed by atoms with Crippen molar-refractivity contribution in [2.75, 3.05) is 6.54 Å². The number of rotatable bonds is 15. The third kappa shape index (κ3) is 10.8. The zero-order chi connectivity index (χ0) is 37.1. The van der Waals surface area contributed by atoms with Crippen LogP contribution >= 0.6 is 0 Å². The monoisotopic (exact) mass is 702 g/mol. The van der Waals surface area contributed by atoms with Gasteiger partial charge in [0.15, 0.2) is 0 Å². The number of aryl methyl sites for hydroxylation is 1. The average Bonchev–Trinajstić information content (AvgIpc) is 3.64. The third-order valence-electron chi connectivity index (χ3n) is 8.83. The summed E-state index contributed by atoms with van der Waals surface area (Å²) in [4.78, 5) is 49.3. The number of aromatic nitrogens is 2. The summed E-state index contributed by atoms with van der Waals surface area (Å²) in [6.07, 6.45) is 4.01. The van der Waals surface area contributed by atoms with Crippen molar-refractivity contribution in [1.82, 2.24) is 30.8 Å². The van der Waals surface area contributed by atoms with Crippen LogP contribution in [0.25, 0.3) is 10.8 Å². The largest absolute Gasteiger partial charge is 0.444 e. The van der Waals surface area contributed by atoms with Crippen LogP contribution in [-0.4, -0.2) is 51.0 Å². The highest BCUT2D eigenvalue weighted by molar-refractivity contribution is 5.97. The molecule has 2 atom stereocenters. The van der Waals surface area contributed by atoms with Crippen molar-refractivity contribution in [1.29, 1.82) is 0 Å². The molecule has 0 spiro atoms. The number of H-pyrrole nitrogens is 1. The van der Waals surface area contributed by atoms with Crippen molar-refractivity contribution >= 4 is 28.7 Å². The highest BCUT2D eigenvalue weighted by atomic mass is 16.6. The van der Waals surface area contributed by atoms with Crippen LogP contribution < -0.4 is 16.0 Å². The predicted octanol–water partition coefficient (Wildman–Crippen LogP) is 7.35. The summed E-state index contributed by atoms with van der Waals surface area (Å²) in [5.41, 5.74) is 4.03. The van der Waals surface area contributed by atoms with Gasteiger partial charge in [-0.2, -0.15) is 0 Å². The van der Waals surface area contributed by atoms with E-state index in [4.69, 9.17) is 4.74 Å². The van der Waals surface area contributed by atoms with E-state index < -0.39 is 17.7 Å². The SMILES string of the molecule is Cc1ccccc1CNCCC[C@H](NC(=O)c1ccc(CN(Cc2ncc[nH]2)C(=O)OC(C)(C)C)cc1)C(=O)N[C@@H](C)c1cccc2ccccc12. The summed E-state index contributed by atoms with van der Waals surface area (Å²) in [6, 6.07) is 28.4. The van der Waals surface area contributed by atoms with Crippen molar-refractivity contribution in [3.8, 4) is 0 Å². The lowest BCUT2D eigenvalue weighted by Gasteiger charge is -2.27. The third-order valence-corrected chi connectivity index (χ3v) is 8.83. The summed E-state index contributed by atoms with van der Waals surface area (Å²) in [5.74, 6) is 0.0403. The Hall–Kier alpha value is -5.48. The summed E-state index contributed by atoms with van der Waals surface area (Å²) >= 11 is 0. The van der Waals surface area contributed by atoms with Gasteiger partial charge >= 0.3 is 6.09 Å². The molecule has 1 heterocycles. The first kappa shape index (κ1) is 37.8. The Balaban J connectivity index is 1.26. The normalized spacial score (nSPS) is 12.6. The molecule has 52 heavy (non-hydrogen) atoms. The van der Waals surface area contributed by atoms with Gasteiger partial charge in [0.1, 0.15) is 17.5 Å². The maximum atomic E-state index is 13.8. The number of amides is 3. The molecular weight excluding hydrogens is 652 g/mol. The Bertz CT molecular complexity index is 1930. The van der Waals surface area contributed by atoms with Gasteiger partial charge in [0.25, 0.3) is 5.91 Å². The number of nitrogens with one attached hydrogen (secondary N) is 4. The van der Waals surface area contributed by atoms with Gasteiger partial charge in [-0.15, -0.1) is 0 Å². The first-order valence-electron chi connectivity index (χ1n) is 17.9. The molecule has 5 aromatic rings. The number of ether oxygens (including phenoxy) is 1. The average molecular weight is 703 g/mol. The molecule has 4 N–H and O–H groups in total. The molecule has 0 bridgehead atoms. The molecule has 0 aliphatic heterocycles. The lowest BCUT2D eigenvalue weighted by molar-refractivity contribution is -0.123. The van der Waals surface area contributed by atoms with E-state index in [1.807, 2.05) is 76.2 Å². The molecule has 0 fully saturated rings. The van der Waals surface area contributed by atoms with Crippen LogP contribution in [0.1, 0.15) is 85.0 Å². The minimum atomic E-state index is -0.749. The maximum Gasteiger partial charge on any atom is 0.410 e. The number of imidazole rings is 1. The molecule has 10 nitrogen and oxygen atoms in total. The fourth-order valence-corrected chi connectivity index (χ4v) is 6.05. The van der Waals surface area contributed by atoms with Gasteiger partial charge in [-0.05, 0) is 99.2 Å². The minimum Gasteiger partial charge on any atom is -0.444 e. The van der Waals surface area contributed by atoms with Gasteiger partial charge in [-0.1, -0.05) is 78.9 Å². The number of carbonyl (C=O) groups is 3. The quantitative estimate of drug-likeness (QED) is 0.0845. The Morgan fingerprint density at radius 2 is 1.62 bits per heavy atom. The predicted molar refractivity (Wildman–Crippen MR) is 204 cm³/mol. The molecule has 0 unspecified atom stereocenters. The molecule has 0 aliphatic rings. The molecule has 0 radical (unpaired) electrons. The van der Waals surface area contributed by atoms with Crippen LogP contribution in [0.5, 0.6) is 0 Å². The minimum absolute atomic E-state index is 0.234. The van der Waals surface area contributed by atoms with Gasteiger partial charge in [0.05, 0.1) is 12.6 Å². The standard InChI is InChI=1S/C42H50N6O4/c1-29-12-6-7-14-34(29)26-43-23-11-18-37(40(50)46-30(2)35-17-10-15-32-13-8-9-16-36(32)35)47-39(49)33-21-19-31(20-22-33)27-48(28-38-44-24-25-45-38)41(51)52-42(3,4)5/h6-10,12-17,19-22,24-25,30,37,43H,11,18,23,26-28H2,1-5H3,(H,44,45)(H,46,50)(H,47,49)/t30-,37-/m0/s1. The number of hydrogen-bond donors (Lipinski definition) is 4. The molecule has 0 aliphatic carbocycles. The number of benzene rings is 4. The Morgan fingerprint density at radius 1 is 0.885 bits per heavy atom. The Morgan fingerprint density at radius 3 is 2.35 bits per heavy atom. The van der Waals surface area contributed by atoms with E-state index in [-0.39, 0.29) is 30.9 Å². The van der Waals surface area contributed by atoms with Gasteiger partial charge in [-0.3, -0.25) is 14.5 Å². The van der Waals surface area contributed by atoms with Crippen molar-refractivity contribution in [3.05, 3.63) is 137 Å². The maximum absolute atomic E-state index is 13.8. The lowest BCUT2D eigenvalue weighted by atomic mass is 9.99. The molecule has 1 aromatic heterocycles.